The van der Waals surface area contributed by atoms with E-state index in [0.717, 1.165) is 11.1 Å². The van der Waals surface area contributed by atoms with Gasteiger partial charge >= 0.3 is 6.03 Å². The van der Waals surface area contributed by atoms with Gasteiger partial charge in [-0.2, -0.15) is 0 Å². The van der Waals surface area contributed by atoms with E-state index >= 15 is 0 Å². The van der Waals surface area contributed by atoms with Crippen molar-refractivity contribution in [1.82, 2.24) is 5.32 Å². The van der Waals surface area contributed by atoms with E-state index in [-0.39, 0.29) is 6.03 Å². The summed E-state index contributed by atoms with van der Waals surface area (Å²) in [6.45, 7) is 2.47. The first-order valence-electron chi connectivity index (χ1n) is 6.09. The van der Waals surface area contributed by atoms with Gasteiger partial charge in [0.05, 0.1) is 0 Å². The van der Waals surface area contributed by atoms with Crippen LogP contribution in [0.25, 0.3) is 0 Å². The molecule has 2 aromatic rings. The Balaban J connectivity index is 1.92. The van der Waals surface area contributed by atoms with Crippen LogP contribution >= 0.6 is 23.2 Å². The minimum atomic E-state index is -0.301. The molecule has 2 rings (SSSR count). The van der Waals surface area contributed by atoms with Gasteiger partial charge in [-0.05, 0) is 30.7 Å². The number of hydrogen-bond donors (Lipinski definition) is 2. The van der Waals surface area contributed by atoms with Crippen LogP contribution in [0.15, 0.2) is 42.5 Å². The summed E-state index contributed by atoms with van der Waals surface area (Å²) in [5.41, 5.74) is 2.76. The van der Waals surface area contributed by atoms with E-state index in [4.69, 9.17) is 23.2 Å². The Morgan fingerprint density at radius 2 is 1.80 bits per heavy atom. The second-order valence-corrected chi connectivity index (χ2v) is 5.33. The standard InChI is InChI=1S/C15H14Cl2N2O/c1-10-3-2-4-11(5-10)9-18-15(20)19-14-7-12(16)6-13(17)8-14/h2-8H,9H2,1H3,(H2,18,19,20). The average molecular weight is 309 g/mol. The topological polar surface area (TPSA) is 41.1 Å². The molecule has 0 saturated heterocycles. The number of nitrogens with one attached hydrogen (secondary N) is 2. The number of urea groups is 1. The minimum absolute atomic E-state index is 0.301. The summed E-state index contributed by atoms with van der Waals surface area (Å²) in [5.74, 6) is 0. The van der Waals surface area contributed by atoms with E-state index in [1.54, 1.807) is 18.2 Å². The van der Waals surface area contributed by atoms with Crippen LogP contribution in [-0.4, -0.2) is 6.03 Å². The molecule has 0 fully saturated rings. The molecule has 0 spiro atoms. The predicted molar refractivity (Wildman–Crippen MR) is 83.5 cm³/mol. The number of hydrogen-bond acceptors (Lipinski definition) is 1. The van der Waals surface area contributed by atoms with Crippen molar-refractivity contribution in [2.45, 2.75) is 13.5 Å². The molecule has 5 heteroatoms. The summed E-state index contributed by atoms with van der Waals surface area (Å²) < 4.78 is 0. The third kappa shape index (κ3) is 4.44. The maximum Gasteiger partial charge on any atom is 0.319 e. The number of carbonyl (C=O) groups excluding carboxylic acids is 1. The fraction of sp³-hybridized carbons (Fsp3) is 0.133. The van der Waals surface area contributed by atoms with E-state index in [9.17, 15) is 4.79 Å². The summed E-state index contributed by atoms with van der Waals surface area (Å²) in [5, 5.41) is 6.42. The third-order valence-electron chi connectivity index (χ3n) is 2.66. The van der Waals surface area contributed by atoms with Gasteiger partial charge in [0.2, 0.25) is 0 Å². The minimum Gasteiger partial charge on any atom is -0.334 e. The van der Waals surface area contributed by atoms with Crippen LogP contribution in [0.5, 0.6) is 0 Å². The highest BCUT2D eigenvalue weighted by molar-refractivity contribution is 6.35. The summed E-state index contributed by atoms with van der Waals surface area (Å²) in [6, 6.07) is 12.5. The molecular weight excluding hydrogens is 295 g/mol. The number of halogens is 2. The molecule has 0 aliphatic heterocycles. The second-order valence-electron chi connectivity index (χ2n) is 4.45. The fourth-order valence-electron chi connectivity index (χ4n) is 1.81. The van der Waals surface area contributed by atoms with Gasteiger partial charge in [0, 0.05) is 22.3 Å². The SMILES string of the molecule is Cc1cccc(CNC(=O)Nc2cc(Cl)cc(Cl)c2)c1. The number of anilines is 1. The highest BCUT2D eigenvalue weighted by atomic mass is 35.5. The zero-order chi connectivity index (χ0) is 14.5. The molecule has 0 bridgehead atoms. The largest absolute Gasteiger partial charge is 0.334 e. The van der Waals surface area contributed by atoms with Gasteiger partial charge < -0.3 is 10.6 Å². The molecule has 2 aromatic carbocycles. The molecule has 0 heterocycles. The molecule has 0 aliphatic carbocycles. The van der Waals surface area contributed by atoms with Crippen LogP contribution in [-0.2, 0) is 6.54 Å². The van der Waals surface area contributed by atoms with Gasteiger partial charge in [0.1, 0.15) is 0 Å². The van der Waals surface area contributed by atoms with E-state index in [2.05, 4.69) is 10.6 Å². The molecule has 0 unspecified atom stereocenters. The highest BCUT2D eigenvalue weighted by Crippen LogP contribution is 2.22. The maximum atomic E-state index is 11.8. The van der Waals surface area contributed by atoms with E-state index in [1.165, 1.54) is 0 Å². The molecule has 2 amide bonds. The number of aryl methyl sites for hydroxylation is 1. The highest BCUT2D eigenvalue weighted by Gasteiger charge is 2.04. The van der Waals surface area contributed by atoms with E-state index < -0.39 is 0 Å². The van der Waals surface area contributed by atoms with Gasteiger partial charge in [0.15, 0.2) is 0 Å². The maximum absolute atomic E-state index is 11.8. The lowest BCUT2D eigenvalue weighted by molar-refractivity contribution is 0.251. The van der Waals surface area contributed by atoms with Crippen LogP contribution in [0.2, 0.25) is 10.0 Å². The Labute approximate surface area is 127 Å². The van der Waals surface area contributed by atoms with Gasteiger partial charge in [-0.15, -0.1) is 0 Å². The lowest BCUT2D eigenvalue weighted by Crippen LogP contribution is -2.28. The Morgan fingerprint density at radius 3 is 2.45 bits per heavy atom. The van der Waals surface area contributed by atoms with Crippen molar-refractivity contribution >= 4 is 34.9 Å². The van der Waals surface area contributed by atoms with Gasteiger partial charge in [0.25, 0.3) is 0 Å². The number of amides is 2. The first-order chi connectivity index (χ1) is 9.52. The summed E-state index contributed by atoms with van der Waals surface area (Å²) in [6.07, 6.45) is 0. The van der Waals surface area contributed by atoms with Crippen molar-refractivity contribution in [1.29, 1.82) is 0 Å². The zero-order valence-electron chi connectivity index (χ0n) is 10.9. The fourth-order valence-corrected chi connectivity index (χ4v) is 2.33. The Kier molecular flexibility index (Phi) is 4.88. The quantitative estimate of drug-likeness (QED) is 0.853. The van der Waals surface area contributed by atoms with Crippen LogP contribution in [0.3, 0.4) is 0 Å². The van der Waals surface area contributed by atoms with Gasteiger partial charge in [-0.25, -0.2) is 4.79 Å². The molecule has 20 heavy (non-hydrogen) atoms. The second kappa shape index (κ2) is 6.64. The zero-order valence-corrected chi connectivity index (χ0v) is 12.4. The van der Waals surface area contributed by atoms with E-state index in [1.807, 2.05) is 31.2 Å². The number of rotatable bonds is 3. The summed E-state index contributed by atoms with van der Waals surface area (Å²) in [7, 11) is 0. The molecule has 3 nitrogen and oxygen atoms in total. The van der Waals surface area contributed by atoms with Crippen LogP contribution in [0, 0.1) is 6.92 Å². The predicted octanol–water partition coefficient (Wildman–Crippen LogP) is 4.62. The molecule has 0 radical (unpaired) electrons. The number of benzene rings is 2. The van der Waals surface area contributed by atoms with Crippen LogP contribution < -0.4 is 10.6 Å². The Morgan fingerprint density at radius 1 is 1.10 bits per heavy atom. The molecule has 0 saturated carbocycles. The molecular formula is C15H14Cl2N2O. The van der Waals surface area contributed by atoms with Crippen molar-refractivity contribution in [3.8, 4) is 0 Å². The summed E-state index contributed by atoms with van der Waals surface area (Å²) >= 11 is 11.7. The van der Waals surface area contributed by atoms with Gasteiger partial charge in [-0.3, -0.25) is 0 Å². The number of carbonyl (C=O) groups is 1. The Bertz CT molecular complexity index is 609. The van der Waals surface area contributed by atoms with Crippen LogP contribution in [0.1, 0.15) is 11.1 Å². The molecule has 0 atom stereocenters. The molecule has 0 aliphatic rings. The normalized spacial score (nSPS) is 10.2. The average Bonchev–Trinajstić information content (AvgIpc) is 2.35. The first kappa shape index (κ1) is 14.7. The molecule has 0 aromatic heterocycles. The summed E-state index contributed by atoms with van der Waals surface area (Å²) in [4.78, 5) is 11.8. The van der Waals surface area contributed by atoms with Crippen LogP contribution in [0.4, 0.5) is 10.5 Å². The molecule has 104 valence electrons. The van der Waals surface area contributed by atoms with Crippen molar-refractivity contribution in [2.75, 3.05) is 5.32 Å². The van der Waals surface area contributed by atoms with Gasteiger partial charge in [-0.1, -0.05) is 53.0 Å². The first-order valence-corrected chi connectivity index (χ1v) is 6.85. The monoisotopic (exact) mass is 308 g/mol. The lowest BCUT2D eigenvalue weighted by atomic mass is 10.1. The lowest BCUT2D eigenvalue weighted by Gasteiger charge is -2.09. The third-order valence-corrected chi connectivity index (χ3v) is 3.09. The Hall–Kier alpha value is -1.71. The van der Waals surface area contributed by atoms with Crippen molar-refractivity contribution in [3.63, 3.8) is 0 Å². The molecule has 2 N–H and O–H groups in total. The van der Waals surface area contributed by atoms with Crippen molar-refractivity contribution < 1.29 is 4.79 Å². The van der Waals surface area contributed by atoms with Crippen molar-refractivity contribution in [3.05, 3.63) is 63.6 Å². The van der Waals surface area contributed by atoms with E-state index in [0.29, 0.717) is 22.3 Å². The smallest absolute Gasteiger partial charge is 0.319 e. The van der Waals surface area contributed by atoms with Crippen molar-refractivity contribution in [2.24, 2.45) is 0 Å².